The average molecular weight is 311 g/mol. The summed E-state index contributed by atoms with van der Waals surface area (Å²) in [6, 6.07) is 14.3. The molecule has 0 bridgehead atoms. The molecule has 0 N–H and O–H groups in total. The molecule has 3 nitrogen and oxygen atoms in total. The van der Waals surface area contributed by atoms with E-state index in [2.05, 4.69) is 15.2 Å². The molecule has 22 heavy (non-hydrogen) atoms. The molecule has 0 fully saturated rings. The highest BCUT2D eigenvalue weighted by molar-refractivity contribution is 7.99. The first-order valence-electron chi connectivity index (χ1n) is 6.83. The molecule has 3 rings (SSSR count). The molecule has 0 unspecified atom stereocenters. The Morgan fingerprint density at radius 1 is 0.864 bits per heavy atom. The topological polar surface area (TPSA) is 38.7 Å². The van der Waals surface area contributed by atoms with Gasteiger partial charge < -0.3 is 0 Å². The van der Waals surface area contributed by atoms with Crippen LogP contribution in [0, 0.1) is 19.7 Å². The number of halogens is 1. The van der Waals surface area contributed by atoms with Crippen molar-refractivity contribution in [3.05, 3.63) is 65.6 Å². The van der Waals surface area contributed by atoms with Gasteiger partial charge in [-0.15, -0.1) is 5.10 Å². The van der Waals surface area contributed by atoms with Gasteiger partial charge in [-0.3, -0.25) is 0 Å². The molecule has 0 amide bonds. The molecule has 110 valence electrons. The maximum atomic E-state index is 13.0. The lowest BCUT2D eigenvalue weighted by Crippen LogP contribution is -1.98. The van der Waals surface area contributed by atoms with E-state index in [1.54, 1.807) is 12.1 Å². The van der Waals surface area contributed by atoms with Crippen molar-refractivity contribution in [3.8, 4) is 11.4 Å². The Hall–Kier alpha value is -2.27. The van der Waals surface area contributed by atoms with Gasteiger partial charge in [-0.1, -0.05) is 41.6 Å². The van der Waals surface area contributed by atoms with Gasteiger partial charge in [-0.25, -0.2) is 9.37 Å². The number of benzene rings is 2. The van der Waals surface area contributed by atoms with E-state index >= 15 is 0 Å². The van der Waals surface area contributed by atoms with Crippen molar-refractivity contribution >= 4 is 11.8 Å². The lowest BCUT2D eigenvalue weighted by molar-refractivity contribution is 0.626. The zero-order valence-electron chi connectivity index (χ0n) is 12.2. The minimum Gasteiger partial charge on any atom is -0.218 e. The second-order valence-electron chi connectivity index (χ2n) is 4.95. The minimum absolute atomic E-state index is 0.248. The van der Waals surface area contributed by atoms with Crippen LogP contribution in [0.15, 0.2) is 58.5 Å². The zero-order chi connectivity index (χ0) is 15.5. The number of nitrogens with zero attached hydrogens (tertiary/aromatic N) is 3. The highest BCUT2D eigenvalue weighted by Crippen LogP contribution is 2.29. The Labute approximate surface area is 132 Å². The maximum absolute atomic E-state index is 13.0. The number of aromatic nitrogens is 3. The highest BCUT2D eigenvalue weighted by Gasteiger charge is 2.09. The fourth-order valence-corrected chi connectivity index (χ4v) is 2.72. The third-order valence-corrected chi connectivity index (χ3v) is 4.24. The van der Waals surface area contributed by atoms with Crippen molar-refractivity contribution in [3.63, 3.8) is 0 Å². The smallest absolute Gasteiger partial charge is 0.182 e. The zero-order valence-corrected chi connectivity index (χ0v) is 13.1. The van der Waals surface area contributed by atoms with E-state index < -0.39 is 0 Å². The molecule has 0 saturated heterocycles. The lowest BCUT2D eigenvalue weighted by atomic mass is 10.1. The van der Waals surface area contributed by atoms with Crippen molar-refractivity contribution in [1.82, 2.24) is 15.2 Å². The molecule has 0 spiro atoms. The highest BCUT2D eigenvalue weighted by atomic mass is 32.2. The second-order valence-corrected chi connectivity index (χ2v) is 6.01. The predicted octanol–water partition coefficient (Wildman–Crippen LogP) is 4.45. The Bertz CT molecular complexity index is 786. The van der Waals surface area contributed by atoms with Crippen LogP contribution in [-0.2, 0) is 0 Å². The summed E-state index contributed by atoms with van der Waals surface area (Å²) < 4.78 is 13.0. The summed E-state index contributed by atoms with van der Waals surface area (Å²) in [7, 11) is 0. The first-order valence-corrected chi connectivity index (χ1v) is 7.65. The second kappa shape index (κ2) is 6.23. The molecule has 1 heterocycles. The molecule has 2 aromatic carbocycles. The van der Waals surface area contributed by atoms with E-state index in [4.69, 9.17) is 0 Å². The molecule has 0 aliphatic carbocycles. The average Bonchev–Trinajstić information content (AvgIpc) is 2.52. The fourth-order valence-electron chi connectivity index (χ4n) is 1.90. The van der Waals surface area contributed by atoms with E-state index in [-0.39, 0.29) is 5.82 Å². The van der Waals surface area contributed by atoms with Crippen LogP contribution < -0.4 is 0 Å². The number of rotatable bonds is 3. The molecule has 0 atom stereocenters. The maximum Gasteiger partial charge on any atom is 0.182 e. The number of hydrogen-bond donors (Lipinski definition) is 0. The van der Waals surface area contributed by atoms with Gasteiger partial charge in [0.15, 0.2) is 5.82 Å². The van der Waals surface area contributed by atoms with Crippen molar-refractivity contribution in [1.29, 1.82) is 0 Å². The molecular formula is C17H14FN3S. The van der Waals surface area contributed by atoms with E-state index in [0.29, 0.717) is 5.82 Å². The van der Waals surface area contributed by atoms with Crippen LogP contribution in [0.1, 0.15) is 11.3 Å². The fraction of sp³-hybridized carbons (Fsp3) is 0.118. The summed E-state index contributed by atoms with van der Waals surface area (Å²) in [4.78, 5) is 5.50. The summed E-state index contributed by atoms with van der Waals surface area (Å²) >= 11 is 1.45. The van der Waals surface area contributed by atoms with Gasteiger partial charge in [0.25, 0.3) is 0 Å². The van der Waals surface area contributed by atoms with E-state index in [9.17, 15) is 4.39 Å². The van der Waals surface area contributed by atoms with E-state index in [1.807, 2.05) is 38.1 Å². The molecule has 0 aliphatic heterocycles. The number of aryl methyl sites for hydroxylation is 2. The number of hydrogen-bond acceptors (Lipinski definition) is 4. The largest absolute Gasteiger partial charge is 0.218 e. The Morgan fingerprint density at radius 3 is 2.23 bits per heavy atom. The Morgan fingerprint density at radius 2 is 1.55 bits per heavy atom. The van der Waals surface area contributed by atoms with E-state index in [1.165, 1.54) is 29.5 Å². The normalized spacial score (nSPS) is 10.7. The molecule has 5 heteroatoms. The van der Waals surface area contributed by atoms with Gasteiger partial charge in [0, 0.05) is 10.5 Å². The van der Waals surface area contributed by atoms with Crippen molar-refractivity contribution < 1.29 is 4.39 Å². The van der Waals surface area contributed by atoms with Gasteiger partial charge in [-0.05, 0) is 38.1 Å². The monoisotopic (exact) mass is 311 g/mol. The standard InChI is InChI=1S/C17H14FN3S/c1-11-3-5-13(6-4-11)16-19-17(12(2)20-21-16)22-15-9-7-14(18)8-10-15/h3-10H,1-2H3. The van der Waals surface area contributed by atoms with Gasteiger partial charge in [0.2, 0.25) is 0 Å². The van der Waals surface area contributed by atoms with Crippen LogP contribution in [0.3, 0.4) is 0 Å². The third kappa shape index (κ3) is 3.31. The third-order valence-electron chi connectivity index (χ3n) is 3.15. The van der Waals surface area contributed by atoms with Crippen LogP contribution in [0.2, 0.25) is 0 Å². The molecule has 0 radical (unpaired) electrons. The van der Waals surface area contributed by atoms with Gasteiger partial charge in [-0.2, -0.15) is 5.10 Å². The van der Waals surface area contributed by atoms with Crippen LogP contribution in [-0.4, -0.2) is 15.2 Å². The van der Waals surface area contributed by atoms with Crippen molar-refractivity contribution in [2.45, 2.75) is 23.8 Å². The summed E-state index contributed by atoms with van der Waals surface area (Å²) in [6.45, 7) is 3.90. The molecule has 1 aromatic heterocycles. The van der Waals surface area contributed by atoms with Crippen molar-refractivity contribution in [2.24, 2.45) is 0 Å². The van der Waals surface area contributed by atoms with Crippen LogP contribution >= 0.6 is 11.8 Å². The molecule has 0 saturated carbocycles. The summed E-state index contributed by atoms with van der Waals surface area (Å²) in [5, 5.41) is 9.12. The SMILES string of the molecule is Cc1ccc(-c2nnc(C)c(Sc3ccc(F)cc3)n2)cc1. The van der Waals surface area contributed by atoms with Gasteiger partial charge in [0.1, 0.15) is 10.8 Å². The van der Waals surface area contributed by atoms with Gasteiger partial charge >= 0.3 is 0 Å². The summed E-state index contributed by atoms with van der Waals surface area (Å²) in [5.41, 5.74) is 2.87. The van der Waals surface area contributed by atoms with E-state index in [0.717, 1.165) is 21.2 Å². The molecular weight excluding hydrogens is 297 g/mol. The van der Waals surface area contributed by atoms with Crippen molar-refractivity contribution in [2.75, 3.05) is 0 Å². The molecule has 3 aromatic rings. The predicted molar refractivity (Wildman–Crippen MR) is 85.3 cm³/mol. The Kier molecular flexibility index (Phi) is 4.15. The summed E-state index contributed by atoms with van der Waals surface area (Å²) in [5.74, 6) is 0.345. The summed E-state index contributed by atoms with van der Waals surface area (Å²) in [6.07, 6.45) is 0. The van der Waals surface area contributed by atoms with Crippen LogP contribution in [0.4, 0.5) is 4.39 Å². The Balaban J connectivity index is 1.92. The molecule has 0 aliphatic rings. The lowest BCUT2D eigenvalue weighted by Gasteiger charge is -2.06. The minimum atomic E-state index is -0.248. The quantitative estimate of drug-likeness (QED) is 0.716. The van der Waals surface area contributed by atoms with Crippen LogP contribution in [0.5, 0.6) is 0 Å². The van der Waals surface area contributed by atoms with Crippen LogP contribution in [0.25, 0.3) is 11.4 Å². The first kappa shape index (κ1) is 14.7. The first-order chi connectivity index (χ1) is 10.6. The van der Waals surface area contributed by atoms with Gasteiger partial charge in [0.05, 0.1) is 5.69 Å².